The number of hydrogen-bond acceptors (Lipinski definition) is 7. The third-order valence-electron chi connectivity index (χ3n) is 3.30. The Morgan fingerprint density at radius 3 is 2.88 bits per heavy atom. The van der Waals surface area contributed by atoms with E-state index in [4.69, 9.17) is 4.52 Å². The molecular weight excluding hydrogens is 360 g/mol. The second-order valence-electron chi connectivity index (χ2n) is 5.36. The first-order valence-corrected chi connectivity index (χ1v) is 9.27. The fourth-order valence-electron chi connectivity index (χ4n) is 2.06. The molecule has 0 spiro atoms. The van der Waals surface area contributed by atoms with E-state index >= 15 is 0 Å². The number of nitrogens with one attached hydrogen (secondary N) is 1. The van der Waals surface area contributed by atoms with Crippen molar-refractivity contribution in [1.82, 2.24) is 15.0 Å². The summed E-state index contributed by atoms with van der Waals surface area (Å²) in [4.78, 5) is 30.0. The number of anilines is 1. The molecule has 0 aliphatic carbocycles. The van der Waals surface area contributed by atoms with Crippen molar-refractivity contribution in [2.75, 3.05) is 24.7 Å². The third-order valence-corrected chi connectivity index (χ3v) is 5.46. The Morgan fingerprint density at radius 1 is 1.36 bits per heavy atom. The zero-order valence-corrected chi connectivity index (χ0v) is 15.3. The maximum absolute atomic E-state index is 12.2. The zero-order chi connectivity index (χ0) is 17.8. The lowest BCUT2D eigenvalue weighted by atomic mass is 10.3. The van der Waals surface area contributed by atoms with Gasteiger partial charge < -0.3 is 14.7 Å². The topological polar surface area (TPSA) is 88.3 Å². The summed E-state index contributed by atoms with van der Waals surface area (Å²) in [6, 6.07) is 9.46. The Hall–Kier alpha value is -2.39. The van der Waals surface area contributed by atoms with E-state index in [0.29, 0.717) is 11.6 Å². The predicted molar refractivity (Wildman–Crippen MR) is 97.9 cm³/mol. The number of thiazole rings is 1. The summed E-state index contributed by atoms with van der Waals surface area (Å²) in [6.45, 7) is 1.68. The Balaban J connectivity index is 1.49. The zero-order valence-electron chi connectivity index (χ0n) is 13.7. The van der Waals surface area contributed by atoms with Crippen molar-refractivity contribution in [2.45, 2.75) is 11.3 Å². The number of carbonyl (C=O) groups excluding carboxylic acids is 2. The number of aromatic nitrogens is 2. The Labute approximate surface area is 152 Å². The van der Waals surface area contributed by atoms with Crippen molar-refractivity contribution >= 4 is 50.9 Å². The minimum atomic E-state index is -0.325. The van der Waals surface area contributed by atoms with Crippen molar-refractivity contribution in [3.63, 3.8) is 0 Å². The average molecular weight is 376 g/mol. The van der Waals surface area contributed by atoms with E-state index in [1.54, 1.807) is 31.4 Å². The molecule has 3 aromatic rings. The van der Waals surface area contributed by atoms with Crippen LogP contribution < -0.4 is 5.32 Å². The van der Waals surface area contributed by atoms with Gasteiger partial charge in [0.25, 0.3) is 0 Å². The number of aryl methyl sites for hydroxylation is 1. The number of hydrogen-bond donors (Lipinski definition) is 1. The standard InChI is InChI=1S/C16H16N4O3S2/c1-10-7-13(19-23-10)18-14(21)8-20(2)15(22)9-24-16-17-11-5-3-4-6-12(11)25-16/h3-7H,8-9H2,1-2H3,(H,18,19,21). The van der Waals surface area contributed by atoms with Gasteiger partial charge in [-0.25, -0.2) is 4.98 Å². The molecule has 1 aromatic carbocycles. The molecule has 0 aliphatic rings. The molecule has 25 heavy (non-hydrogen) atoms. The highest BCUT2D eigenvalue weighted by atomic mass is 32.2. The number of carbonyl (C=O) groups is 2. The molecule has 0 radical (unpaired) electrons. The Morgan fingerprint density at radius 2 is 2.16 bits per heavy atom. The third kappa shape index (κ3) is 4.58. The molecule has 2 heterocycles. The molecule has 0 unspecified atom stereocenters. The van der Waals surface area contributed by atoms with Gasteiger partial charge in [0.1, 0.15) is 5.76 Å². The largest absolute Gasteiger partial charge is 0.360 e. The first-order valence-electron chi connectivity index (χ1n) is 7.47. The summed E-state index contributed by atoms with van der Waals surface area (Å²) >= 11 is 2.93. The van der Waals surface area contributed by atoms with Crippen LogP contribution in [0.2, 0.25) is 0 Å². The van der Waals surface area contributed by atoms with E-state index in [1.807, 2.05) is 24.3 Å². The monoisotopic (exact) mass is 376 g/mol. The van der Waals surface area contributed by atoms with Crippen LogP contribution in [0.3, 0.4) is 0 Å². The number of amides is 2. The molecule has 7 nitrogen and oxygen atoms in total. The van der Waals surface area contributed by atoms with Crippen LogP contribution >= 0.6 is 23.1 Å². The minimum absolute atomic E-state index is 0.0505. The second kappa shape index (κ2) is 7.66. The normalized spacial score (nSPS) is 10.8. The summed E-state index contributed by atoms with van der Waals surface area (Å²) in [5, 5.41) is 6.27. The highest BCUT2D eigenvalue weighted by Crippen LogP contribution is 2.29. The summed E-state index contributed by atoms with van der Waals surface area (Å²) in [7, 11) is 1.59. The van der Waals surface area contributed by atoms with Gasteiger partial charge in [-0.2, -0.15) is 0 Å². The maximum Gasteiger partial charge on any atom is 0.245 e. The number of benzene rings is 1. The van der Waals surface area contributed by atoms with Crippen molar-refractivity contribution < 1.29 is 14.1 Å². The van der Waals surface area contributed by atoms with E-state index in [-0.39, 0.29) is 24.1 Å². The van der Waals surface area contributed by atoms with Crippen LogP contribution in [0, 0.1) is 6.92 Å². The van der Waals surface area contributed by atoms with Gasteiger partial charge in [-0.05, 0) is 19.1 Å². The summed E-state index contributed by atoms with van der Waals surface area (Å²) < 4.78 is 6.81. The first kappa shape index (κ1) is 17.4. The quantitative estimate of drug-likeness (QED) is 0.666. The van der Waals surface area contributed by atoms with Gasteiger partial charge in [-0.3, -0.25) is 9.59 Å². The lowest BCUT2D eigenvalue weighted by Crippen LogP contribution is -2.36. The van der Waals surface area contributed by atoms with E-state index in [9.17, 15) is 9.59 Å². The van der Waals surface area contributed by atoms with Crippen molar-refractivity contribution in [3.05, 3.63) is 36.1 Å². The smallest absolute Gasteiger partial charge is 0.245 e. The molecule has 9 heteroatoms. The second-order valence-corrected chi connectivity index (χ2v) is 7.61. The highest BCUT2D eigenvalue weighted by Gasteiger charge is 2.15. The van der Waals surface area contributed by atoms with Gasteiger partial charge in [-0.15, -0.1) is 11.3 Å². The molecule has 0 aliphatic heterocycles. The van der Waals surface area contributed by atoms with Gasteiger partial charge in [-0.1, -0.05) is 29.1 Å². The van der Waals surface area contributed by atoms with Gasteiger partial charge in [0.15, 0.2) is 10.2 Å². The molecule has 2 amide bonds. The SMILES string of the molecule is Cc1cc(NC(=O)CN(C)C(=O)CSc2nc3ccccc3s2)no1. The Bertz CT molecular complexity index is 873. The molecule has 1 N–H and O–H groups in total. The van der Waals surface area contributed by atoms with Crippen LogP contribution in [0.5, 0.6) is 0 Å². The van der Waals surface area contributed by atoms with Crippen molar-refractivity contribution in [2.24, 2.45) is 0 Å². The summed E-state index contributed by atoms with van der Waals surface area (Å²) in [5.41, 5.74) is 0.929. The fourth-order valence-corrected chi connectivity index (χ4v) is 4.07. The fraction of sp³-hybridized carbons (Fsp3) is 0.250. The average Bonchev–Trinajstić information content (AvgIpc) is 3.17. The predicted octanol–water partition coefficient (Wildman–Crippen LogP) is 2.78. The maximum atomic E-state index is 12.2. The number of likely N-dealkylation sites (N-methyl/N-ethyl adjacent to an activating group) is 1. The first-order chi connectivity index (χ1) is 12.0. The molecule has 130 valence electrons. The van der Waals surface area contributed by atoms with E-state index < -0.39 is 0 Å². The van der Waals surface area contributed by atoms with Gasteiger partial charge in [0.05, 0.1) is 22.5 Å². The Kier molecular flexibility index (Phi) is 5.34. The number of nitrogens with zero attached hydrogens (tertiary/aromatic N) is 3. The van der Waals surface area contributed by atoms with Crippen LogP contribution in [0.15, 0.2) is 39.2 Å². The molecule has 0 fully saturated rings. The number of thioether (sulfide) groups is 1. The molecule has 0 atom stereocenters. The summed E-state index contributed by atoms with van der Waals surface area (Å²) in [5.74, 6) is 0.705. The molecule has 3 rings (SSSR count). The highest BCUT2D eigenvalue weighted by molar-refractivity contribution is 8.01. The number of rotatable bonds is 6. The summed E-state index contributed by atoms with van der Waals surface area (Å²) in [6.07, 6.45) is 0. The minimum Gasteiger partial charge on any atom is -0.360 e. The number of para-hydroxylation sites is 1. The van der Waals surface area contributed by atoms with Crippen LogP contribution in [0.1, 0.15) is 5.76 Å². The van der Waals surface area contributed by atoms with Crippen LogP contribution in [-0.4, -0.2) is 46.2 Å². The van der Waals surface area contributed by atoms with Gasteiger partial charge >= 0.3 is 0 Å². The van der Waals surface area contributed by atoms with Crippen LogP contribution in [-0.2, 0) is 9.59 Å². The van der Waals surface area contributed by atoms with E-state index in [1.165, 1.54) is 16.7 Å². The van der Waals surface area contributed by atoms with Gasteiger partial charge in [0.2, 0.25) is 11.8 Å². The molecule has 0 bridgehead atoms. The molecule has 0 saturated heterocycles. The van der Waals surface area contributed by atoms with Crippen molar-refractivity contribution in [1.29, 1.82) is 0 Å². The lowest BCUT2D eigenvalue weighted by Gasteiger charge is -2.15. The van der Waals surface area contributed by atoms with Gasteiger partial charge in [0, 0.05) is 13.1 Å². The van der Waals surface area contributed by atoms with E-state index in [2.05, 4.69) is 15.5 Å². The van der Waals surface area contributed by atoms with E-state index in [0.717, 1.165) is 14.6 Å². The molecule has 0 saturated carbocycles. The van der Waals surface area contributed by atoms with Crippen LogP contribution in [0.25, 0.3) is 10.2 Å². The molecule has 2 aromatic heterocycles. The number of fused-ring (bicyclic) bond motifs is 1. The van der Waals surface area contributed by atoms with Crippen LogP contribution in [0.4, 0.5) is 5.82 Å². The molecular formula is C16H16N4O3S2. The lowest BCUT2D eigenvalue weighted by molar-refractivity contribution is -0.131. The van der Waals surface area contributed by atoms with Crippen molar-refractivity contribution in [3.8, 4) is 0 Å².